The van der Waals surface area contributed by atoms with E-state index in [1.807, 2.05) is 54.6 Å². The Hall–Kier alpha value is -3.32. The van der Waals surface area contributed by atoms with Crippen LogP contribution in [0.3, 0.4) is 0 Å². The lowest BCUT2D eigenvalue weighted by Crippen LogP contribution is -2.51. The summed E-state index contributed by atoms with van der Waals surface area (Å²) in [6.45, 7) is 0.778. The van der Waals surface area contributed by atoms with Crippen LogP contribution in [-0.4, -0.2) is 29.1 Å². The maximum atomic E-state index is 13.8. The van der Waals surface area contributed by atoms with Crippen LogP contribution in [0.5, 0.6) is 0 Å². The molecule has 3 amide bonds. The number of amides is 3. The number of nitrogens with one attached hydrogen (secondary N) is 1. The first kappa shape index (κ1) is 19.6. The van der Waals surface area contributed by atoms with Gasteiger partial charge in [0.15, 0.2) is 4.87 Å². The van der Waals surface area contributed by atoms with Gasteiger partial charge in [0, 0.05) is 23.5 Å². The number of thioether (sulfide) groups is 1. The number of carbonyl (C=O) groups excluding carboxylic acids is 2. The molecule has 0 bridgehead atoms. The molecule has 5 rings (SSSR count). The Morgan fingerprint density at radius 3 is 2.48 bits per heavy atom. The SMILES string of the molecule is O=C(Nc1ccccc1)N1CCS[C@]12C(=O)N(Cc1ccc(F)cc1)c1ccccc12. The molecule has 3 aromatic rings. The summed E-state index contributed by atoms with van der Waals surface area (Å²) >= 11 is 1.48. The van der Waals surface area contributed by atoms with Gasteiger partial charge in [0.25, 0.3) is 5.91 Å². The van der Waals surface area contributed by atoms with Gasteiger partial charge in [0.1, 0.15) is 5.82 Å². The third-order valence-electron chi connectivity index (χ3n) is 5.63. The lowest BCUT2D eigenvalue weighted by Gasteiger charge is -2.33. The number of carbonyl (C=O) groups is 2. The topological polar surface area (TPSA) is 52.7 Å². The molecule has 0 saturated carbocycles. The first-order valence-corrected chi connectivity index (χ1v) is 11.0. The Morgan fingerprint density at radius 2 is 1.71 bits per heavy atom. The van der Waals surface area contributed by atoms with Crippen molar-refractivity contribution in [2.24, 2.45) is 0 Å². The van der Waals surface area contributed by atoms with E-state index in [2.05, 4.69) is 5.32 Å². The summed E-state index contributed by atoms with van der Waals surface area (Å²) in [5.41, 5.74) is 3.10. The first-order chi connectivity index (χ1) is 15.1. The molecule has 0 radical (unpaired) electrons. The first-order valence-electron chi connectivity index (χ1n) is 10.0. The van der Waals surface area contributed by atoms with Crippen LogP contribution in [0.4, 0.5) is 20.6 Å². The quantitative estimate of drug-likeness (QED) is 0.645. The third kappa shape index (κ3) is 3.25. The number of fused-ring (bicyclic) bond motifs is 2. The van der Waals surface area contributed by atoms with Crippen LogP contribution in [0.1, 0.15) is 11.1 Å². The maximum absolute atomic E-state index is 13.8. The van der Waals surface area contributed by atoms with Crippen molar-refractivity contribution in [3.05, 3.63) is 95.8 Å². The molecule has 0 aliphatic carbocycles. The molecule has 3 aromatic carbocycles. The fourth-order valence-electron chi connectivity index (χ4n) is 4.21. The second-order valence-corrected chi connectivity index (χ2v) is 8.76. The largest absolute Gasteiger partial charge is 0.323 e. The molecule has 1 fully saturated rings. The zero-order chi connectivity index (χ0) is 21.4. The van der Waals surface area contributed by atoms with E-state index < -0.39 is 4.87 Å². The number of halogens is 1. The Kier molecular flexibility index (Phi) is 4.90. The van der Waals surface area contributed by atoms with Crippen molar-refractivity contribution in [2.45, 2.75) is 11.4 Å². The standard InChI is InChI=1S/C24H20FN3O2S/c25-18-12-10-17(11-13-18)16-27-21-9-5-4-8-20(21)24(22(27)29)28(14-15-31-24)23(30)26-19-6-2-1-3-7-19/h1-13H,14-16H2,(H,26,30)/t24-/m1/s1. The van der Waals surface area contributed by atoms with Crippen LogP contribution in [0.2, 0.25) is 0 Å². The van der Waals surface area contributed by atoms with Crippen LogP contribution < -0.4 is 10.2 Å². The highest BCUT2D eigenvalue weighted by atomic mass is 32.2. The van der Waals surface area contributed by atoms with Gasteiger partial charge in [-0.3, -0.25) is 9.69 Å². The number of hydrogen-bond donors (Lipinski definition) is 1. The van der Waals surface area contributed by atoms with Gasteiger partial charge in [0.05, 0.1) is 12.2 Å². The lowest BCUT2D eigenvalue weighted by atomic mass is 10.1. The van der Waals surface area contributed by atoms with Gasteiger partial charge < -0.3 is 10.2 Å². The fraction of sp³-hybridized carbons (Fsp3) is 0.167. The van der Waals surface area contributed by atoms with E-state index in [-0.39, 0.29) is 17.8 Å². The van der Waals surface area contributed by atoms with Gasteiger partial charge in [-0.2, -0.15) is 0 Å². The fourth-order valence-corrected chi connectivity index (χ4v) is 5.67. The number of para-hydroxylation sites is 2. The third-order valence-corrected chi connectivity index (χ3v) is 7.04. The smallest absolute Gasteiger partial charge is 0.308 e. The number of nitrogens with zero attached hydrogens (tertiary/aromatic N) is 2. The molecular weight excluding hydrogens is 413 g/mol. The molecule has 0 unspecified atom stereocenters. The Labute approximate surface area is 183 Å². The van der Waals surface area contributed by atoms with Crippen LogP contribution in [0.25, 0.3) is 0 Å². The summed E-state index contributed by atoms with van der Waals surface area (Å²) in [5, 5.41) is 2.92. The molecule has 2 aliphatic rings. The van der Waals surface area contributed by atoms with Crippen molar-refractivity contribution in [1.82, 2.24) is 4.90 Å². The summed E-state index contributed by atoms with van der Waals surface area (Å²) in [4.78, 5) is 29.3. The van der Waals surface area contributed by atoms with Crippen LogP contribution in [0.15, 0.2) is 78.9 Å². The average Bonchev–Trinajstić information content (AvgIpc) is 3.33. The molecule has 2 aliphatic heterocycles. The minimum atomic E-state index is -1.10. The second kappa shape index (κ2) is 7.74. The zero-order valence-electron chi connectivity index (χ0n) is 16.6. The number of hydrogen-bond acceptors (Lipinski definition) is 3. The minimum absolute atomic E-state index is 0.149. The normalized spacial score (nSPS) is 19.7. The van der Waals surface area contributed by atoms with Gasteiger partial charge in [-0.25, -0.2) is 9.18 Å². The highest BCUT2D eigenvalue weighted by molar-refractivity contribution is 8.01. The number of urea groups is 1. The molecule has 5 nitrogen and oxygen atoms in total. The van der Waals surface area contributed by atoms with Crippen molar-refractivity contribution in [1.29, 1.82) is 0 Å². The predicted octanol–water partition coefficient (Wildman–Crippen LogP) is 4.81. The van der Waals surface area contributed by atoms with E-state index in [0.717, 1.165) is 16.8 Å². The van der Waals surface area contributed by atoms with Gasteiger partial charge in [-0.15, -0.1) is 11.8 Å². The van der Waals surface area contributed by atoms with Crippen molar-refractivity contribution >= 4 is 35.1 Å². The number of benzene rings is 3. The molecule has 1 spiro atoms. The highest BCUT2D eigenvalue weighted by Gasteiger charge is 2.59. The van der Waals surface area contributed by atoms with E-state index in [1.54, 1.807) is 21.9 Å². The Bertz CT molecular complexity index is 1140. The molecule has 31 heavy (non-hydrogen) atoms. The molecule has 7 heteroatoms. The maximum Gasteiger partial charge on any atom is 0.323 e. The van der Waals surface area contributed by atoms with Crippen molar-refractivity contribution in [2.75, 3.05) is 22.5 Å². The molecule has 1 atom stereocenters. The van der Waals surface area contributed by atoms with Crippen LogP contribution in [-0.2, 0) is 16.2 Å². The summed E-state index contributed by atoms with van der Waals surface area (Å²) in [7, 11) is 0. The summed E-state index contributed by atoms with van der Waals surface area (Å²) in [6.07, 6.45) is 0. The van der Waals surface area contributed by atoms with E-state index in [1.165, 1.54) is 23.9 Å². The van der Waals surface area contributed by atoms with Gasteiger partial charge in [-0.05, 0) is 35.9 Å². The van der Waals surface area contributed by atoms with E-state index in [9.17, 15) is 14.0 Å². The predicted molar refractivity (Wildman–Crippen MR) is 120 cm³/mol. The van der Waals surface area contributed by atoms with Crippen LogP contribution in [0, 0.1) is 5.82 Å². The lowest BCUT2D eigenvalue weighted by molar-refractivity contribution is -0.123. The van der Waals surface area contributed by atoms with Crippen molar-refractivity contribution in [3.8, 4) is 0 Å². The Morgan fingerprint density at radius 1 is 1.00 bits per heavy atom. The number of anilines is 2. The highest BCUT2D eigenvalue weighted by Crippen LogP contribution is 2.54. The van der Waals surface area contributed by atoms with Gasteiger partial charge >= 0.3 is 6.03 Å². The monoisotopic (exact) mass is 433 g/mol. The average molecular weight is 434 g/mol. The number of rotatable bonds is 3. The summed E-state index contributed by atoms with van der Waals surface area (Å²) in [5.74, 6) is 0.194. The van der Waals surface area contributed by atoms with E-state index in [4.69, 9.17) is 0 Å². The zero-order valence-corrected chi connectivity index (χ0v) is 17.4. The summed E-state index contributed by atoms with van der Waals surface area (Å²) in [6, 6.07) is 22.6. The molecule has 1 saturated heterocycles. The summed E-state index contributed by atoms with van der Waals surface area (Å²) < 4.78 is 13.3. The molecule has 2 heterocycles. The van der Waals surface area contributed by atoms with Crippen molar-refractivity contribution in [3.63, 3.8) is 0 Å². The second-order valence-electron chi connectivity index (χ2n) is 7.48. The van der Waals surface area contributed by atoms with Gasteiger partial charge in [-0.1, -0.05) is 48.5 Å². The van der Waals surface area contributed by atoms with Crippen LogP contribution >= 0.6 is 11.8 Å². The Balaban J connectivity index is 1.51. The van der Waals surface area contributed by atoms with E-state index >= 15 is 0 Å². The molecule has 0 aromatic heterocycles. The molecule has 156 valence electrons. The molecular formula is C24H20FN3O2S. The molecule has 1 N–H and O–H groups in total. The van der Waals surface area contributed by atoms with Gasteiger partial charge in [0.2, 0.25) is 0 Å². The minimum Gasteiger partial charge on any atom is -0.308 e. The van der Waals surface area contributed by atoms with E-state index in [0.29, 0.717) is 24.5 Å². The van der Waals surface area contributed by atoms with Crippen molar-refractivity contribution < 1.29 is 14.0 Å².